The molecule has 1 N–H and O–H groups in total. The smallest absolute Gasteiger partial charge is 0.321 e. The first-order chi connectivity index (χ1) is 12.4. The number of hydrazone groups is 1. The van der Waals surface area contributed by atoms with E-state index >= 15 is 0 Å². The molecule has 0 saturated heterocycles. The van der Waals surface area contributed by atoms with Gasteiger partial charge in [0.1, 0.15) is 0 Å². The average Bonchev–Trinajstić information content (AvgIpc) is 2.97. The Kier molecular flexibility index (Phi) is 4.51. The monoisotopic (exact) mass is 355 g/mol. The van der Waals surface area contributed by atoms with Crippen LogP contribution in [0.3, 0.4) is 0 Å². The third-order valence-corrected chi connectivity index (χ3v) is 3.37. The number of rotatable bonds is 5. The van der Waals surface area contributed by atoms with E-state index in [1.807, 2.05) is 0 Å². The summed E-state index contributed by atoms with van der Waals surface area (Å²) in [5.41, 5.74) is 3.36. The topological polar surface area (TPSA) is 142 Å². The number of nitro benzene ring substituents is 1. The van der Waals surface area contributed by atoms with Crippen LogP contribution >= 0.6 is 0 Å². The molecular weight excluding hydrogens is 342 g/mol. The number of hydrogen-bond acceptors (Lipinski definition) is 7. The number of amides is 1. The highest BCUT2D eigenvalue weighted by Gasteiger charge is 2.17. The predicted molar refractivity (Wildman–Crippen MR) is 86.2 cm³/mol. The minimum Gasteiger partial charge on any atom is -0.867 e. The number of nitrogens with zero attached hydrogens (tertiary/aromatic N) is 6. The van der Waals surface area contributed by atoms with Gasteiger partial charge in [-0.15, -0.1) is 4.68 Å². The Hall–Kier alpha value is -3.89. The van der Waals surface area contributed by atoms with Crippen LogP contribution in [0.25, 0.3) is 5.65 Å². The van der Waals surface area contributed by atoms with Gasteiger partial charge in [0.2, 0.25) is 0 Å². The molecule has 0 unspecified atom stereocenters. The van der Waals surface area contributed by atoms with Crippen molar-refractivity contribution in [2.45, 2.75) is 13.5 Å². The van der Waals surface area contributed by atoms with Gasteiger partial charge in [0.15, 0.2) is 6.54 Å². The van der Waals surface area contributed by atoms with Crippen molar-refractivity contribution in [2.75, 3.05) is 0 Å². The second-order valence-electron chi connectivity index (χ2n) is 5.35. The molecule has 11 heteroatoms. The summed E-state index contributed by atoms with van der Waals surface area (Å²) in [6, 6.07) is 7.15. The quantitative estimate of drug-likeness (QED) is 0.282. The largest absolute Gasteiger partial charge is 0.867 e. The standard InChI is InChI=1S/C15H13N7O4/c1-10-5-13(23)15-20(17-9-21(15)19-10)8-14(24)18-16-7-11-3-2-4-12(6-11)22(25)26/h2-7,9H,8H2,1H3,(H-,18,19,23,24)/b16-7-. The van der Waals surface area contributed by atoms with Crippen LogP contribution in [0.2, 0.25) is 0 Å². The number of non-ortho nitro benzene ring substituents is 1. The molecule has 0 bridgehead atoms. The lowest BCUT2D eigenvalue weighted by atomic mass is 10.2. The lowest BCUT2D eigenvalue weighted by Gasteiger charge is -2.04. The van der Waals surface area contributed by atoms with E-state index in [1.54, 1.807) is 13.0 Å². The summed E-state index contributed by atoms with van der Waals surface area (Å²) in [6.45, 7) is 1.45. The summed E-state index contributed by atoms with van der Waals surface area (Å²) in [7, 11) is 0. The molecule has 0 aliphatic heterocycles. The Bertz CT molecular complexity index is 1030. The summed E-state index contributed by atoms with van der Waals surface area (Å²) in [5, 5.41) is 34.5. The van der Waals surface area contributed by atoms with Crippen molar-refractivity contribution in [2.24, 2.45) is 5.10 Å². The Morgan fingerprint density at radius 2 is 2.27 bits per heavy atom. The molecule has 0 aliphatic rings. The van der Waals surface area contributed by atoms with E-state index in [2.05, 4.69) is 20.7 Å². The molecular formula is C15H13N7O4. The van der Waals surface area contributed by atoms with E-state index in [0.717, 1.165) is 0 Å². The Morgan fingerprint density at radius 3 is 3.04 bits per heavy atom. The van der Waals surface area contributed by atoms with Gasteiger partial charge in [0.25, 0.3) is 17.9 Å². The first-order valence-corrected chi connectivity index (χ1v) is 7.42. The van der Waals surface area contributed by atoms with Gasteiger partial charge >= 0.3 is 5.65 Å². The number of benzene rings is 1. The van der Waals surface area contributed by atoms with E-state index in [0.29, 0.717) is 11.3 Å². The van der Waals surface area contributed by atoms with Gasteiger partial charge in [-0.25, -0.2) is 5.43 Å². The molecule has 3 aromatic rings. The van der Waals surface area contributed by atoms with Gasteiger partial charge in [0.05, 0.1) is 16.8 Å². The first-order valence-electron chi connectivity index (χ1n) is 7.42. The molecule has 0 spiro atoms. The molecule has 0 radical (unpaired) electrons. The van der Waals surface area contributed by atoms with E-state index in [4.69, 9.17) is 0 Å². The van der Waals surface area contributed by atoms with Crippen LogP contribution in [0.15, 0.2) is 41.8 Å². The molecule has 2 aromatic heterocycles. The minimum atomic E-state index is -0.521. The highest BCUT2D eigenvalue weighted by molar-refractivity contribution is 5.82. The lowest BCUT2D eigenvalue weighted by molar-refractivity contribution is -0.717. The van der Waals surface area contributed by atoms with E-state index in [1.165, 1.54) is 46.0 Å². The molecule has 0 aliphatic carbocycles. The van der Waals surface area contributed by atoms with Crippen LogP contribution in [0.5, 0.6) is 5.75 Å². The van der Waals surface area contributed by atoms with Crippen molar-refractivity contribution in [1.29, 1.82) is 0 Å². The van der Waals surface area contributed by atoms with Crippen molar-refractivity contribution in [1.82, 2.24) is 20.1 Å². The lowest BCUT2D eigenvalue weighted by Crippen LogP contribution is -2.44. The number of carbonyl (C=O) groups excluding carboxylic acids is 1. The van der Waals surface area contributed by atoms with Crippen molar-refractivity contribution in [3.05, 3.63) is 58.0 Å². The predicted octanol–water partition coefficient (Wildman–Crippen LogP) is -0.543. The summed E-state index contributed by atoms with van der Waals surface area (Å²) in [4.78, 5) is 22.2. The molecule has 26 heavy (non-hydrogen) atoms. The number of fused-ring (bicyclic) bond motifs is 1. The van der Waals surface area contributed by atoms with Crippen molar-refractivity contribution in [3.8, 4) is 5.75 Å². The Balaban J connectivity index is 1.68. The number of aromatic nitrogens is 4. The zero-order valence-corrected chi connectivity index (χ0v) is 13.6. The second-order valence-corrected chi connectivity index (χ2v) is 5.35. The van der Waals surface area contributed by atoms with Crippen molar-refractivity contribution >= 4 is 23.5 Å². The molecule has 1 aromatic carbocycles. The molecule has 0 saturated carbocycles. The summed E-state index contributed by atoms with van der Waals surface area (Å²) in [6.07, 6.45) is 2.62. The maximum atomic E-state index is 12.0. The fourth-order valence-corrected chi connectivity index (χ4v) is 2.29. The molecule has 1 amide bonds. The van der Waals surface area contributed by atoms with Crippen LogP contribution in [0, 0.1) is 17.0 Å². The molecule has 2 heterocycles. The zero-order chi connectivity index (χ0) is 18.7. The zero-order valence-electron chi connectivity index (χ0n) is 13.6. The van der Waals surface area contributed by atoms with E-state index in [-0.39, 0.29) is 23.6 Å². The SMILES string of the molecule is Cc1cc([O-])c2n(cn[n+]2CC(=O)N/N=C\c2cccc([N+](=O)[O-])c2)n1. The van der Waals surface area contributed by atoms with Gasteiger partial charge in [-0.1, -0.05) is 21.7 Å². The van der Waals surface area contributed by atoms with Crippen LogP contribution in [0.1, 0.15) is 11.3 Å². The van der Waals surface area contributed by atoms with Crippen LogP contribution < -0.4 is 15.2 Å². The second kappa shape index (κ2) is 6.93. The molecule has 11 nitrogen and oxygen atoms in total. The van der Waals surface area contributed by atoms with Crippen LogP contribution in [-0.4, -0.2) is 31.8 Å². The highest BCUT2D eigenvalue weighted by Crippen LogP contribution is 2.11. The number of nitro groups is 1. The van der Waals surface area contributed by atoms with E-state index < -0.39 is 10.8 Å². The molecule has 0 fully saturated rings. The Morgan fingerprint density at radius 1 is 1.46 bits per heavy atom. The third-order valence-electron chi connectivity index (χ3n) is 3.37. The fraction of sp³-hybridized carbons (Fsp3) is 0.133. The van der Waals surface area contributed by atoms with Gasteiger partial charge in [-0.3, -0.25) is 14.9 Å². The summed E-state index contributed by atoms with van der Waals surface area (Å²) < 4.78 is 2.52. The molecule has 132 valence electrons. The van der Waals surface area contributed by atoms with Crippen LogP contribution in [-0.2, 0) is 11.3 Å². The average molecular weight is 355 g/mol. The number of carbonyl (C=O) groups is 1. The van der Waals surface area contributed by atoms with Gasteiger partial charge in [0, 0.05) is 17.7 Å². The van der Waals surface area contributed by atoms with Crippen molar-refractivity contribution in [3.63, 3.8) is 0 Å². The number of nitrogens with one attached hydrogen (secondary N) is 1. The maximum Gasteiger partial charge on any atom is 0.321 e. The van der Waals surface area contributed by atoms with Gasteiger partial charge < -0.3 is 5.11 Å². The third kappa shape index (κ3) is 3.61. The van der Waals surface area contributed by atoms with Crippen molar-refractivity contribution < 1.29 is 19.5 Å². The number of hydrogen-bond donors (Lipinski definition) is 1. The highest BCUT2D eigenvalue weighted by atomic mass is 16.6. The van der Waals surface area contributed by atoms with E-state index in [9.17, 15) is 20.0 Å². The number of aryl methyl sites for hydroxylation is 1. The van der Waals surface area contributed by atoms with Crippen LogP contribution in [0.4, 0.5) is 5.69 Å². The fourth-order valence-electron chi connectivity index (χ4n) is 2.29. The molecule has 0 atom stereocenters. The van der Waals surface area contributed by atoms with Gasteiger partial charge in [-0.2, -0.15) is 5.10 Å². The summed E-state index contributed by atoms with van der Waals surface area (Å²) in [5.74, 6) is -0.819. The molecule has 3 rings (SSSR count). The summed E-state index contributed by atoms with van der Waals surface area (Å²) >= 11 is 0. The maximum absolute atomic E-state index is 12.0. The van der Waals surface area contributed by atoms with Gasteiger partial charge in [-0.05, 0) is 23.8 Å². The normalized spacial score (nSPS) is 11.1. The Labute approximate surface area is 146 Å². The first kappa shape index (κ1) is 17.0. The minimum absolute atomic E-state index is 0.0777.